The third-order valence-electron chi connectivity index (χ3n) is 4.54. The molecule has 0 fully saturated rings. The summed E-state index contributed by atoms with van der Waals surface area (Å²) in [5.74, 6) is 0. The molecule has 3 heteroatoms. The second-order valence-electron chi connectivity index (χ2n) is 6.52. The maximum atomic E-state index is 10.3. The van der Waals surface area contributed by atoms with E-state index in [9.17, 15) is 5.11 Å². The molecule has 22 heavy (non-hydrogen) atoms. The monoisotopic (exact) mass is 306 g/mol. The number of hydrogen-bond donors (Lipinski definition) is 2. The highest BCUT2D eigenvalue weighted by atomic mass is 16.5. The van der Waals surface area contributed by atoms with Gasteiger partial charge in [-0.3, -0.25) is 0 Å². The molecule has 0 aromatic heterocycles. The van der Waals surface area contributed by atoms with Crippen LogP contribution in [0.4, 0.5) is 0 Å². The van der Waals surface area contributed by atoms with Crippen molar-refractivity contribution in [3.63, 3.8) is 0 Å². The third kappa shape index (κ3) is 5.08. The quantitative estimate of drug-likeness (QED) is 0.733. The number of aliphatic hydroxyl groups excluding tert-OH is 1. The number of aryl methyl sites for hydroxylation is 1. The molecule has 1 aromatic carbocycles. The van der Waals surface area contributed by atoms with Crippen molar-refractivity contribution >= 4 is 0 Å². The molecule has 1 aromatic rings. The minimum absolute atomic E-state index is 0.167. The first-order chi connectivity index (χ1) is 10.7. The molecule has 0 amide bonds. The minimum Gasteiger partial charge on any atom is -0.385 e. The number of aliphatic hydroxyl groups is 1. The molecule has 124 valence electrons. The third-order valence-corrected chi connectivity index (χ3v) is 4.54. The molecule has 2 atom stereocenters. The van der Waals surface area contributed by atoms with Crippen molar-refractivity contribution in [2.75, 3.05) is 26.2 Å². The lowest BCUT2D eigenvalue weighted by atomic mass is 9.89. The maximum Gasteiger partial charge on any atom is 0.126 e. The average molecular weight is 306 g/mol. The molecule has 0 aliphatic heterocycles. The standard InChI is InChI=1S/C19H31NO2/c1-3-12-20(13-4-2)14-17(21)15-22-19-11-7-9-16-8-5-6-10-18(16)19/h5-6,8,10,17,19,21H,3-4,7,9,11-15H2,1-2H3/p+1/t17-,19-/m0/s1. The Hall–Kier alpha value is -0.900. The molecule has 3 nitrogen and oxygen atoms in total. The predicted molar refractivity (Wildman–Crippen MR) is 90.2 cm³/mol. The van der Waals surface area contributed by atoms with Crippen molar-refractivity contribution in [1.82, 2.24) is 0 Å². The molecule has 0 spiro atoms. The summed E-state index contributed by atoms with van der Waals surface area (Å²) in [5, 5.41) is 10.3. The Morgan fingerprint density at radius 3 is 2.68 bits per heavy atom. The van der Waals surface area contributed by atoms with Gasteiger partial charge in [-0.05, 0) is 43.2 Å². The van der Waals surface area contributed by atoms with Gasteiger partial charge in [0.2, 0.25) is 0 Å². The van der Waals surface area contributed by atoms with E-state index in [4.69, 9.17) is 4.74 Å². The maximum absolute atomic E-state index is 10.3. The molecule has 0 saturated carbocycles. The van der Waals surface area contributed by atoms with Crippen LogP contribution < -0.4 is 4.90 Å². The molecular formula is C19H32NO2+. The number of ether oxygens (including phenoxy) is 1. The molecule has 2 rings (SSSR count). The van der Waals surface area contributed by atoms with Gasteiger partial charge in [0.05, 0.1) is 25.8 Å². The SMILES string of the molecule is CCC[NH+](CCC)C[C@H](O)CO[C@H]1CCCc2ccccc21. The van der Waals surface area contributed by atoms with Crippen molar-refractivity contribution in [2.24, 2.45) is 0 Å². The number of nitrogens with one attached hydrogen (secondary N) is 1. The first kappa shape index (κ1) is 17.5. The van der Waals surface area contributed by atoms with Crippen LogP contribution in [0.3, 0.4) is 0 Å². The largest absolute Gasteiger partial charge is 0.385 e. The highest BCUT2D eigenvalue weighted by Crippen LogP contribution is 2.32. The van der Waals surface area contributed by atoms with Crippen LogP contribution in [0.2, 0.25) is 0 Å². The molecule has 0 heterocycles. The number of quaternary nitrogens is 1. The smallest absolute Gasteiger partial charge is 0.126 e. The fourth-order valence-corrected chi connectivity index (χ4v) is 3.54. The zero-order chi connectivity index (χ0) is 15.8. The van der Waals surface area contributed by atoms with Gasteiger partial charge in [-0.25, -0.2) is 0 Å². The highest BCUT2D eigenvalue weighted by Gasteiger charge is 2.22. The van der Waals surface area contributed by atoms with Gasteiger partial charge in [0.1, 0.15) is 12.6 Å². The number of fused-ring (bicyclic) bond motifs is 1. The van der Waals surface area contributed by atoms with Gasteiger partial charge < -0.3 is 14.7 Å². The fraction of sp³-hybridized carbons (Fsp3) is 0.684. The molecule has 1 aliphatic rings. The molecule has 0 radical (unpaired) electrons. The molecule has 2 N–H and O–H groups in total. The Bertz CT molecular complexity index is 429. The van der Waals surface area contributed by atoms with Gasteiger partial charge in [-0.2, -0.15) is 0 Å². The van der Waals surface area contributed by atoms with E-state index in [0.29, 0.717) is 6.61 Å². The Balaban J connectivity index is 1.82. The van der Waals surface area contributed by atoms with Crippen molar-refractivity contribution in [1.29, 1.82) is 0 Å². The summed E-state index contributed by atoms with van der Waals surface area (Å²) in [6.45, 7) is 7.94. The van der Waals surface area contributed by atoms with Crippen molar-refractivity contribution in [2.45, 2.75) is 58.2 Å². The van der Waals surface area contributed by atoms with Gasteiger partial charge in [0.15, 0.2) is 0 Å². The van der Waals surface area contributed by atoms with E-state index in [-0.39, 0.29) is 12.2 Å². The zero-order valence-electron chi connectivity index (χ0n) is 14.2. The summed E-state index contributed by atoms with van der Waals surface area (Å²) < 4.78 is 6.07. The van der Waals surface area contributed by atoms with E-state index in [0.717, 1.165) is 32.5 Å². The molecular weight excluding hydrogens is 274 g/mol. The van der Waals surface area contributed by atoms with Gasteiger partial charge in [-0.15, -0.1) is 0 Å². The highest BCUT2D eigenvalue weighted by molar-refractivity contribution is 5.31. The lowest BCUT2D eigenvalue weighted by Crippen LogP contribution is -3.13. The van der Waals surface area contributed by atoms with Gasteiger partial charge >= 0.3 is 0 Å². The summed E-state index contributed by atoms with van der Waals surface area (Å²) in [6, 6.07) is 8.57. The van der Waals surface area contributed by atoms with Crippen molar-refractivity contribution in [3.8, 4) is 0 Å². The molecule has 1 aliphatic carbocycles. The minimum atomic E-state index is -0.359. The number of benzene rings is 1. The second-order valence-corrected chi connectivity index (χ2v) is 6.52. The normalized spacial score (nSPS) is 19.2. The number of hydrogen-bond acceptors (Lipinski definition) is 2. The van der Waals surface area contributed by atoms with Crippen LogP contribution in [-0.4, -0.2) is 37.5 Å². The van der Waals surface area contributed by atoms with Crippen LogP contribution in [0.1, 0.15) is 56.8 Å². The second kappa shape index (κ2) is 9.29. The van der Waals surface area contributed by atoms with E-state index in [1.807, 2.05) is 0 Å². The van der Waals surface area contributed by atoms with Crippen LogP contribution in [0.25, 0.3) is 0 Å². The van der Waals surface area contributed by atoms with E-state index in [2.05, 4.69) is 38.1 Å². The first-order valence-corrected chi connectivity index (χ1v) is 8.95. The van der Waals surface area contributed by atoms with E-state index < -0.39 is 0 Å². The fourth-order valence-electron chi connectivity index (χ4n) is 3.54. The Kier molecular flexibility index (Phi) is 7.37. The van der Waals surface area contributed by atoms with Crippen LogP contribution in [0.5, 0.6) is 0 Å². The molecule has 0 unspecified atom stereocenters. The molecule has 0 saturated heterocycles. The van der Waals surface area contributed by atoms with Crippen LogP contribution in [0.15, 0.2) is 24.3 Å². The van der Waals surface area contributed by atoms with Gasteiger partial charge in [-0.1, -0.05) is 38.1 Å². The Labute approximate surface area is 135 Å². The zero-order valence-corrected chi connectivity index (χ0v) is 14.2. The summed E-state index contributed by atoms with van der Waals surface area (Å²) in [4.78, 5) is 1.49. The average Bonchev–Trinajstić information content (AvgIpc) is 2.53. The summed E-state index contributed by atoms with van der Waals surface area (Å²) in [5.41, 5.74) is 2.74. The van der Waals surface area contributed by atoms with E-state index in [1.54, 1.807) is 0 Å². The molecule has 0 bridgehead atoms. The van der Waals surface area contributed by atoms with Gasteiger partial charge in [0.25, 0.3) is 0 Å². The lowest BCUT2D eigenvalue weighted by molar-refractivity contribution is -0.903. The van der Waals surface area contributed by atoms with Crippen molar-refractivity contribution < 1.29 is 14.7 Å². The summed E-state index contributed by atoms with van der Waals surface area (Å²) in [6.07, 6.45) is 5.55. The number of rotatable bonds is 9. The predicted octanol–water partition coefficient (Wildman–Crippen LogP) is 2.15. The lowest BCUT2D eigenvalue weighted by Gasteiger charge is -2.27. The topological polar surface area (TPSA) is 33.9 Å². The first-order valence-electron chi connectivity index (χ1n) is 8.95. The Morgan fingerprint density at radius 1 is 1.23 bits per heavy atom. The summed E-state index contributed by atoms with van der Waals surface area (Å²) >= 11 is 0. The van der Waals surface area contributed by atoms with E-state index in [1.165, 1.54) is 35.3 Å². The Morgan fingerprint density at radius 2 is 1.95 bits per heavy atom. The van der Waals surface area contributed by atoms with Crippen molar-refractivity contribution in [3.05, 3.63) is 35.4 Å². The van der Waals surface area contributed by atoms with Crippen LogP contribution in [0, 0.1) is 0 Å². The van der Waals surface area contributed by atoms with Crippen LogP contribution in [-0.2, 0) is 11.2 Å². The van der Waals surface area contributed by atoms with E-state index >= 15 is 0 Å². The summed E-state index contributed by atoms with van der Waals surface area (Å²) in [7, 11) is 0. The van der Waals surface area contributed by atoms with Gasteiger partial charge in [0, 0.05) is 0 Å². The van der Waals surface area contributed by atoms with Crippen LogP contribution >= 0.6 is 0 Å².